The highest BCUT2D eigenvalue weighted by atomic mass is 16.1. The van der Waals surface area contributed by atoms with Crippen LogP contribution >= 0.6 is 0 Å². The second kappa shape index (κ2) is 13.1. The van der Waals surface area contributed by atoms with Gasteiger partial charge in [-0.25, -0.2) is 0 Å². The number of anilines is 1. The predicted molar refractivity (Wildman–Crippen MR) is 144 cm³/mol. The van der Waals surface area contributed by atoms with Crippen LogP contribution < -0.4 is 16.0 Å². The third kappa shape index (κ3) is 7.42. The molecule has 0 aliphatic carbocycles. The highest BCUT2D eigenvalue weighted by Crippen LogP contribution is 2.22. The molecular formula is C29H32N6O. The summed E-state index contributed by atoms with van der Waals surface area (Å²) in [5.74, 6) is 0.253. The summed E-state index contributed by atoms with van der Waals surface area (Å²) >= 11 is 0. The number of hydrogen-bond acceptors (Lipinski definition) is 4. The minimum atomic E-state index is -0.346. The molecule has 1 fully saturated rings. The van der Waals surface area contributed by atoms with E-state index in [9.17, 15) is 10.1 Å². The fraction of sp³-hybridized carbons (Fsp3) is 0.276. The Labute approximate surface area is 212 Å². The average molecular weight is 481 g/mol. The monoisotopic (exact) mass is 480 g/mol. The van der Waals surface area contributed by atoms with Gasteiger partial charge in [-0.3, -0.25) is 4.79 Å². The van der Waals surface area contributed by atoms with Gasteiger partial charge in [0.25, 0.3) is 0 Å². The van der Waals surface area contributed by atoms with E-state index in [0.29, 0.717) is 12.5 Å². The van der Waals surface area contributed by atoms with Crippen LogP contribution in [-0.4, -0.2) is 42.9 Å². The SMILES string of the molecule is N#C/N=C(/Nc1ccc(-c2ccccc2)cc1)NC(CC(=O)NCCN1CCCC1)c1ccccc1. The zero-order valence-electron chi connectivity index (χ0n) is 20.4. The molecular weight excluding hydrogens is 448 g/mol. The van der Waals surface area contributed by atoms with Gasteiger partial charge in [0.2, 0.25) is 18.1 Å². The first-order chi connectivity index (χ1) is 17.7. The molecule has 7 heteroatoms. The van der Waals surface area contributed by atoms with E-state index in [1.54, 1.807) is 0 Å². The van der Waals surface area contributed by atoms with Gasteiger partial charge in [0.1, 0.15) is 0 Å². The molecule has 0 spiro atoms. The molecule has 3 N–H and O–H groups in total. The number of rotatable bonds is 9. The van der Waals surface area contributed by atoms with Gasteiger partial charge in [-0.2, -0.15) is 5.26 Å². The molecule has 3 aromatic carbocycles. The number of hydrogen-bond donors (Lipinski definition) is 3. The predicted octanol–water partition coefficient (Wildman–Crippen LogP) is 4.54. The molecule has 1 amide bonds. The van der Waals surface area contributed by atoms with Gasteiger partial charge in [-0.15, -0.1) is 4.99 Å². The Balaban J connectivity index is 1.41. The smallest absolute Gasteiger partial charge is 0.222 e. The number of carbonyl (C=O) groups is 1. The normalized spacial score (nSPS) is 14.6. The maximum Gasteiger partial charge on any atom is 0.222 e. The Morgan fingerprint density at radius 2 is 1.56 bits per heavy atom. The number of benzene rings is 3. The van der Waals surface area contributed by atoms with Crippen LogP contribution in [0, 0.1) is 11.5 Å². The highest BCUT2D eigenvalue weighted by Gasteiger charge is 2.18. The Morgan fingerprint density at radius 1 is 0.917 bits per heavy atom. The van der Waals surface area contributed by atoms with Crippen LogP contribution in [0.3, 0.4) is 0 Å². The molecule has 1 aliphatic rings. The first-order valence-corrected chi connectivity index (χ1v) is 12.4. The fourth-order valence-electron chi connectivity index (χ4n) is 4.38. The third-order valence-corrected chi connectivity index (χ3v) is 6.27. The molecule has 7 nitrogen and oxygen atoms in total. The molecule has 1 unspecified atom stereocenters. The van der Waals surface area contributed by atoms with E-state index < -0.39 is 0 Å². The topological polar surface area (TPSA) is 92.5 Å². The lowest BCUT2D eigenvalue weighted by molar-refractivity contribution is -0.121. The standard InChI is InChI=1S/C29H32N6O/c30-22-32-29(33-26-15-13-24(14-16-26)23-9-3-1-4-10-23)34-27(25-11-5-2-6-12-25)21-28(36)31-17-20-35-18-7-8-19-35/h1-6,9-16,27H,7-8,17-21H2,(H,31,36)(H2,32,33,34). The molecule has 1 atom stereocenters. The summed E-state index contributed by atoms with van der Waals surface area (Å²) in [4.78, 5) is 19.1. The summed E-state index contributed by atoms with van der Waals surface area (Å²) in [6.45, 7) is 3.72. The van der Waals surface area contributed by atoms with E-state index in [0.717, 1.165) is 42.0 Å². The first kappa shape index (κ1) is 25.0. The minimum absolute atomic E-state index is 0.0425. The quantitative estimate of drug-likeness (QED) is 0.238. The van der Waals surface area contributed by atoms with Gasteiger partial charge in [-0.1, -0.05) is 72.8 Å². The molecule has 0 saturated carbocycles. The minimum Gasteiger partial charge on any atom is -0.355 e. The maximum absolute atomic E-state index is 12.8. The van der Waals surface area contributed by atoms with Crippen molar-refractivity contribution in [3.8, 4) is 17.3 Å². The Hall–Kier alpha value is -4.15. The second-order valence-electron chi connectivity index (χ2n) is 8.84. The van der Waals surface area contributed by atoms with E-state index in [1.807, 2.05) is 79.0 Å². The van der Waals surface area contributed by atoms with E-state index >= 15 is 0 Å². The van der Waals surface area contributed by atoms with Crippen molar-refractivity contribution in [3.05, 3.63) is 90.5 Å². The number of nitrogens with one attached hydrogen (secondary N) is 3. The number of aliphatic imine (C=N–C) groups is 1. The van der Waals surface area contributed by atoms with Crippen LogP contribution in [0.1, 0.15) is 30.9 Å². The zero-order chi connectivity index (χ0) is 25.0. The number of carbonyl (C=O) groups excluding carboxylic acids is 1. The average Bonchev–Trinajstić information content (AvgIpc) is 3.43. The molecule has 0 bridgehead atoms. The number of amides is 1. The van der Waals surface area contributed by atoms with Gasteiger partial charge < -0.3 is 20.9 Å². The van der Waals surface area contributed by atoms with Crippen LogP contribution in [0.2, 0.25) is 0 Å². The Bertz CT molecular complexity index is 1170. The molecule has 184 valence electrons. The Morgan fingerprint density at radius 3 is 2.22 bits per heavy atom. The summed E-state index contributed by atoms with van der Waals surface area (Å²) in [6.07, 6.45) is 4.55. The highest BCUT2D eigenvalue weighted by molar-refractivity contribution is 5.95. The number of likely N-dealkylation sites (tertiary alicyclic amines) is 1. The van der Waals surface area contributed by atoms with Gasteiger partial charge >= 0.3 is 0 Å². The molecule has 1 aliphatic heterocycles. The largest absolute Gasteiger partial charge is 0.355 e. The van der Waals surface area contributed by atoms with Gasteiger partial charge in [0.05, 0.1) is 12.5 Å². The van der Waals surface area contributed by atoms with E-state index in [-0.39, 0.29) is 18.4 Å². The van der Waals surface area contributed by atoms with E-state index in [2.05, 4.69) is 38.0 Å². The van der Waals surface area contributed by atoms with Crippen molar-refractivity contribution < 1.29 is 4.79 Å². The lowest BCUT2D eigenvalue weighted by Crippen LogP contribution is -2.39. The van der Waals surface area contributed by atoms with Crippen molar-refractivity contribution >= 4 is 17.6 Å². The molecule has 36 heavy (non-hydrogen) atoms. The van der Waals surface area contributed by atoms with Crippen LogP contribution in [0.15, 0.2) is 89.9 Å². The van der Waals surface area contributed by atoms with Gasteiger partial charge in [-0.05, 0) is 54.8 Å². The zero-order valence-corrected chi connectivity index (χ0v) is 20.4. The summed E-state index contributed by atoms with van der Waals surface area (Å²) in [5.41, 5.74) is 3.96. The van der Waals surface area contributed by atoms with Gasteiger partial charge in [0.15, 0.2) is 0 Å². The van der Waals surface area contributed by atoms with Crippen LogP contribution in [-0.2, 0) is 4.79 Å². The lowest BCUT2D eigenvalue weighted by Gasteiger charge is -2.22. The molecule has 1 heterocycles. The molecule has 0 radical (unpaired) electrons. The van der Waals surface area contributed by atoms with Crippen molar-refractivity contribution in [1.82, 2.24) is 15.5 Å². The summed E-state index contributed by atoms with van der Waals surface area (Å²) < 4.78 is 0. The van der Waals surface area contributed by atoms with E-state index in [1.165, 1.54) is 12.8 Å². The molecule has 1 saturated heterocycles. The second-order valence-corrected chi connectivity index (χ2v) is 8.84. The van der Waals surface area contributed by atoms with Crippen molar-refractivity contribution in [3.63, 3.8) is 0 Å². The number of nitriles is 1. The van der Waals surface area contributed by atoms with Crippen molar-refractivity contribution in [2.24, 2.45) is 4.99 Å². The van der Waals surface area contributed by atoms with Crippen LogP contribution in [0.5, 0.6) is 0 Å². The summed E-state index contributed by atoms with van der Waals surface area (Å²) in [6, 6.07) is 27.5. The van der Waals surface area contributed by atoms with Gasteiger partial charge in [0, 0.05) is 18.8 Å². The fourth-order valence-corrected chi connectivity index (χ4v) is 4.38. The summed E-state index contributed by atoms with van der Waals surface area (Å²) in [5, 5.41) is 18.8. The summed E-state index contributed by atoms with van der Waals surface area (Å²) in [7, 11) is 0. The van der Waals surface area contributed by atoms with Crippen LogP contribution in [0.25, 0.3) is 11.1 Å². The van der Waals surface area contributed by atoms with Crippen molar-refractivity contribution in [1.29, 1.82) is 5.26 Å². The maximum atomic E-state index is 12.8. The van der Waals surface area contributed by atoms with E-state index in [4.69, 9.17) is 0 Å². The van der Waals surface area contributed by atoms with Crippen molar-refractivity contribution in [2.45, 2.75) is 25.3 Å². The van der Waals surface area contributed by atoms with Crippen molar-refractivity contribution in [2.75, 3.05) is 31.5 Å². The number of guanidine groups is 1. The van der Waals surface area contributed by atoms with Crippen LogP contribution in [0.4, 0.5) is 5.69 Å². The first-order valence-electron chi connectivity index (χ1n) is 12.4. The Kier molecular flexibility index (Phi) is 9.07. The lowest BCUT2D eigenvalue weighted by atomic mass is 10.0. The molecule has 3 aromatic rings. The molecule has 0 aromatic heterocycles. The molecule has 4 rings (SSSR count). The number of nitrogens with zero attached hydrogens (tertiary/aromatic N) is 3. The third-order valence-electron chi connectivity index (χ3n) is 6.27.